The standard InChI is InChI=1S/C14H18FNO2/c15-13-5-1-4-12(7-13)14(18)9-16-6-2-3-11(8-16)10-17/h1,4-5,7,11,17H,2-3,6,8-10H2. The van der Waals surface area contributed by atoms with E-state index in [1.54, 1.807) is 12.1 Å². The largest absolute Gasteiger partial charge is 0.396 e. The Morgan fingerprint density at radius 3 is 3.06 bits per heavy atom. The fraction of sp³-hybridized carbons (Fsp3) is 0.500. The molecule has 98 valence electrons. The third-order valence-electron chi connectivity index (χ3n) is 3.38. The zero-order valence-corrected chi connectivity index (χ0v) is 10.3. The second-order valence-corrected chi connectivity index (χ2v) is 4.86. The van der Waals surface area contributed by atoms with Gasteiger partial charge in [-0.15, -0.1) is 0 Å². The van der Waals surface area contributed by atoms with E-state index in [4.69, 9.17) is 5.11 Å². The number of halogens is 1. The van der Waals surface area contributed by atoms with E-state index in [-0.39, 0.29) is 24.1 Å². The smallest absolute Gasteiger partial charge is 0.176 e. The molecular formula is C14H18FNO2. The minimum Gasteiger partial charge on any atom is -0.396 e. The van der Waals surface area contributed by atoms with E-state index in [9.17, 15) is 9.18 Å². The van der Waals surface area contributed by atoms with Crippen LogP contribution in [0.5, 0.6) is 0 Å². The summed E-state index contributed by atoms with van der Waals surface area (Å²) < 4.78 is 13.0. The molecule has 4 heteroatoms. The van der Waals surface area contributed by atoms with Gasteiger partial charge in [0.05, 0.1) is 6.54 Å². The quantitative estimate of drug-likeness (QED) is 0.828. The predicted molar refractivity (Wildman–Crippen MR) is 67.0 cm³/mol. The lowest BCUT2D eigenvalue weighted by molar-refractivity contribution is 0.0833. The number of aliphatic hydroxyl groups excluding tert-OH is 1. The van der Waals surface area contributed by atoms with Crippen LogP contribution in [0.3, 0.4) is 0 Å². The average molecular weight is 251 g/mol. The van der Waals surface area contributed by atoms with Crippen molar-refractivity contribution >= 4 is 5.78 Å². The van der Waals surface area contributed by atoms with Gasteiger partial charge in [-0.1, -0.05) is 12.1 Å². The molecule has 1 atom stereocenters. The van der Waals surface area contributed by atoms with Crippen molar-refractivity contribution in [2.45, 2.75) is 12.8 Å². The number of likely N-dealkylation sites (tertiary alicyclic amines) is 1. The lowest BCUT2D eigenvalue weighted by Gasteiger charge is -2.31. The highest BCUT2D eigenvalue weighted by Gasteiger charge is 2.21. The van der Waals surface area contributed by atoms with Gasteiger partial charge in [0.25, 0.3) is 0 Å². The predicted octanol–water partition coefficient (Wildman–Crippen LogP) is 1.71. The van der Waals surface area contributed by atoms with Gasteiger partial charge in [0.1, 0.15) is 5.82 Å². The molecular weight excluding hydrogens is 233 g/mol. The van der Waals surface area contributed by atoms with E-state index in [0.29, 0.717) is 12.1 Å². The number of hydrogen-bond donors (Lipinski definition) is 1. The molecule has 1 aromatic rings. The molecule has 0 aromatic heterocycles. The number of ketones is 1. The highest BCUT2D eigenvalue weighted by molar-refractivity contribution is 5.97. The summed E-state index contributed by atoms with van der Waals surface area (Å²) in [7, 11) is 0. The van der Waals surface area contributed by atoms with Gasteiger partial charge in [0, 0.05) is 18.7 Å². The van der Waals surface area contributed by atoms with Gasteiger partial charge in [-0.2, -0.15) is 0 Å². The number of rotatable bonds is 4. The third kappa shape index (κ3) is 3.37. The van der Waals surface area contributed by atoms with Crippen LogP contribution >= 0.6 is 0 Å². The molecule has 0 aliphatic carbocycles. The maximum atomic E-state index is 13.0. The highest BCUT2D eigenvalue weighted by Crippen LogP contribution is 2.16. The topological polar surface area (TPSA) is 40.5 Å². The van der Waals surface area contributed by atoms with Crippen LogP contribution in [0.25, 0.3) is 0 Å². The Hall–Kier alpha value is -1.26. The summed E-state index contributed by atoms with van der Waals surface area (Å²) in [5, 5.41) is 9.14. The molecule has 18 heavy (non-hydrogen) atoms. The second kappa shape index (κ2) is 6.07. The summed E-state index contributed by atoms with van der Waals surface area (Å²) in [6, 6.07) is 5.80. The maximum Gasteiger partial charge on any atom is 0.176 e. The molecule has 1 heterocycles. The number of carbonyl (C=O) groups excluding carboxylic acids is 1. The molecule has 0 amide bonds. The van der Waals surface area contributed by atoms with Crippen molar-refractivity contribution in [2.75, 3.05) is 26.2 Å². The summed E-state index contributed by atoms with van der Waals surface area (Å²) >= 11 is 0. The summed E-state index contributed by atoms with van der Waals surface area (Å²) in [6.45, 7) is 2.10. The van der Waals surface area contributed by atoms with Crippen LogP contribution in [-0.2, 0) is 0 Å². The molecule has 0 saturated carbocycles. The second-order valence-electron chi connectivity index (χ2n) is 4.86. The number of hydrogen-bond acceptors (Lipinski definition) is 3. The van der Waals surface area contributed by atoms with Crippen LogP contribution in [0.1, 0.15) is 23.2 Å². The van der Waals surface area contributed by atoms with E-state index in [1.807, 2.05) is 4.90 Å². The number of Topliss-reactive ketones (excluding diaryl/α,β-unsaturated/α-hetero) is 1. The Bertz CT molecular complexity index is 422. The number of nitrogens with zero attached hydrogens (tertiary/aromatic N) is 1. The molecule has 1 saturated heterocycles. The fourth-order valence-electron chi connectivity index (χ4n) is 2.40. The monoisotopic (exact) mass is 251 g/mol. The first kappa shape index (κ1) is 13.2. The first-order valence-corrected chi connectivity index (χ1v) is 6.31. The highest BCUT2D eigenvalue weighted by atomic mass is 19.1. The summed E-state index contributed by atoms with van der Waals surface area (Å²) in [4.78, 5) is 14.0. The Morgan fingerprint density at radius 2 is 2.33 bits per heavy atom. The number of piperidine rings is 1. The van der Waals surface area contributed by atoms with Crippen LogP contribution in [-0.4, -0.2) is 42.0 Å². The van der Waals surface area contributed by atoms with Gasteiger partial charge in [0.2, 0.25) is 0 Å². The molecule has 0 spiro atoms. The van der Waals surface area contributed by atoms with E-state index in [0.717, 1.165) is 25.9 Å². The van der Waals surface area contributed by atoms with E-state index in [2.05, 4.69) is 0 Å². The van der Waals surface area contributed by atoms with Crippen LogP contribution in [0.15, 0.2) is 24.3 Å². The van der Waals surface area contributed by atoms with E-state index in [1.165, 1.54) is 12.1 Å². The van der Waals surface area contributed by atoms with Crippen molar-refractivity contribution in [1.82, 2.24) is 4.90 Å². The molecule has 1 N–H and O–H groups in total. The summed E-state index contributed by atoms with van der Waals surface area (Å²) in [5.74, 6) is -0.181. The van der Waals surface area contributed by atoms with Crippen LogP contribution in [0.4, 0.5) is 4.39 Å². The van der Waals surface area contributed by atoms with Crippen LogP contribution in [0, 0.1) is 11.7 Å². The van der Waals surface area contributed by atoms with Crippen molar-refractivity contribution in [1.29, 1.82) is 0 Å². The number of benzene rings is 1. The maximum absolute atomic E-state index is 13.0. The first-order valence-electron chi connectivity index (χ1n) is 6.31. The van der Waals surface area contributed by atoms with Crippen molar-refractivity contribution in [3.63, 3.8) is 0 Å². The van der Waals surface area contributed by atoms with Gasteiger partial charge in [-0.3, -0.25) is 9.69 Å². The van der Waals surface area contributed by atoms with Crippen molar-refractivity contribution in [3.05, 3.63) is 35.6 Å². The Morgan fingerprint density at radius 1 is 1.50 bits per heavy atom. The minimum atomic E-state index is -0.382. The Kier molecular flexibility index (Phi) is 4.44. The molecule has 1 unspecified atom stereocenters. The van der Waals surface area contributed by atoms with E-state index < -0.39 is 0 Å². The summed E-state index contributed by atoms with van der Waals surface area (Å²) in [6.07, 6.45) is 2.02. The minimum absolute atomic E-state index is 0.0620. The van der Waals surface area contributed by atoms with Gasteiger partial charge in [-0.25, -0.2) is 4.39 Å². The zero-order valence-electron chi connectivity index (χ0n) is 10.3. The molecule has 2 rings (SSSR count). The Balaban J connectivity index is 1.95. The van der Waals surface area contributed by atoms with Gasteiger partial charge in [-0.05, 0) is 37.4 Å². The lowest BCUT2D eigenvalue weighted by Crippen LogP contribution is -2.39. The normalized spacial score (nSPS) is 20.9. The molecule has 0 bridgehead atoms. The zero-order chi connectivity index (χ0) is 13.0. The van der Waals surface area contributed by atoms with Crippen molar-refractivity contribution in [3.8, 4) is 0 Å². The molecule has 1 aliphatic heterocycles. The van der Waals surface area contributed by atoms with Crippen LogP contribution in [0.2, 0.25) is 0 Å². The van der Waals surface area contributed by atoms with Crippen molar-refractivity contribution in [2.24, 2.45) is 5.92 Å². The molecule has 1 fully saturated rings. The number of aliphatic hydroxyl groups is 1. The first-order chi connectivity index (χ1) is 8.69. The lowest BCUT2D eigenvalue weighted by atomic mass is 9.98. The fourth-order valence-corrected chi connectivity index (χ4v) is 2.40. The molecule has 3 nitrogen and oxygen atoms in total. The van der Waals surface area contributed by atoms with Gasteiger partial charge < -0.3 is 5.11 Å². The number of carbonyl (C=O) groups is 1. The van der Waals surface area contributed by atoms with Gasteiger partial charge in [0.15, 0.2) is 5.78 Å². The van der Waals surface area contributed by atoms with E-state index >= 15 is 0 Å². The molecule has 0 radical (unpaired) electrons. The molecule has 1 aliphatic rings. The average Bonchev–Trinajstić information content (AvgIpc) is 2.39. The SMILES string of the molecule is O=C(CN1CCCC(CO)C1)c1cccc(F)c1. The van der Waals surface area contributed by atoms with Crippen molar-refractivity contribution < 1.29 is 14.3 Å². The van der Waals surface area contributed by atoms with Crippen LogP contribution < -0.4 is 0 Å². The Labute approximate surface area is 106 Å². The van der Waals surface area contributed by atoms with Gasteiger partial charge >= 0.3 is 0 Å². The third-order valence-corrected chi connectivity index (χ3v) is 3.38. The molecule has 1 aromatic carbocycles. The summed E-state index contributed by atoms with van der Waals surface area (Å²) in [5.41, 5.74) is 0.418.